The van der Waals surface area contributed by atoms with E-state index in [0.29, 0.717) is 6.61 Å². The molecule has 0 saturated heterocycles. The van der Waals surface area contributed by atoms with Crippen LogP contribution in [-0.4, -0.2) is 30.4 Å². The quantitative estimate of drug-likeness (QED) is 0.587. The predicted octanol–water partition coefficient (Wildman–Crippen LogP) is 3.72. The fourth-order valence-electron chi connectivity index (χ4n) is 2.17. The van der Waals surface area contributed by atoms with Gasteiger partial charge >= 0.3 is 5.97 Å². The first kappa shape index (κ1) is 18.1. The van der Waals surface area contributed by atoms with E-state index in [9.17, 15) is 4.79 Å². The summed E-state index contributed by atoms with van der Waals surface area (Å²) in [6.45, 7) is 11.2. The number of nitrogens with one attached hydrogen (secondary N) is 1. The van der Waals surface area contributed by atoms with Crippen molar-refractivity contribution < 1.29 is 9.53 Å². The second kappa shape index (κ2) is 8.44. The van der Waals surface area contributed by atoms with Crippen LogP contribution < -0.4 is 5.32 Å². The van der Waals surface area contributed by atoms with E-state index in [1.807, 2.05) is 20.8 Å². The number of carbonyl (C=O) groups excluding carboxylic acids is 1. The van der Waals surface area contributed by atoms with Gasteiger partial charge in [-0.2, -0.15) is 0 Å². The maximum Gasteiger partial charge on any atom is 0.326 e. The van der Waals surface area contributed by atoms with Crippen molar-refractivity contribution in [3.8, 4) is 0 Å². The van der Waals surface area contributed by atoms with Gasteiger partial charge in [0, 0.05) is 10.6 Å². The van der Waals surface area contributed by atoms with Gasteiger partial charge in [-0.25, -0.2) is 0 Å². The summed E-state index contributed by atoms with van der Waals surface area (Å²) >= 11 is 1.80. The smallest absolute Gasteiger partial charge is 0.326 e. The van der Waals surface area contributed by atoms with Gasteiger partial charge in [-0.05, 0) is 52.3 Å². The van der Waals surface area contributed by atoms with Gasteiger partial charge in [0.15, 0.2) is 0 Å². The van der Waals surface area contributed by atoms with Crippen molar-refractivity contribution in [2.24, 2.45) is 0 Å². The molecule has 0 fully saturated rings. The van der Waals surface area contributed by atoms with Gasteiger partial charge < -0.3 is 10.1 Å². The van der Waals surface area contributed by atoms with Gasteiger partial charge in [0.05, 0.1) is 6.61 Å². The number of ether oxygens (including phenoxy) is 1. The molecule has 1 atom stereocenters. The highest BCUT2D eigenvalue weighted by atomic mass is 32.2. The first-order valence-electron chi connectivity index (χ1n) is 7.55. The lowest BCUT2D eigenvalue weighted by Crippen LogP contribution is -2.50. The van der Waals surface area contributed by atoms with Gasteiger partial charge in [-0.1, -0.05) is 24.6 Å². The molecule has 0 bridgehead atoms. The van der Waals surface area contributed by atoms with Crippen LogP contribution in [0.15, 0.2) is 23.1 Å². The van der Waals surface area contributed by atoms with Crippen LogP contribution in [0, 0.1) is 13.8 Å². The minimum atomic E-state index is -0.602. The third-order valence-corrected chi connectivity index (χ3v) is 4.66. The van der Waals surface area contributed by atoms with E-state index >= 15 is 0 Å². The van der Waals surface area contributed by atoms with E-state index in [0.717, 1.165) is 18.7 Å². The lowest BCUT2D eigenvalue weighted by atomic mass is 9.99. The van der Waals surface area contributed by atoms with Crippen LogP contribution >= 0.6 is 11.8 Å². The number of benzene rings is 1. The Bertz CT molecular complexity index is 476. The summed E-state index contributed by atoms with van der Waals surface area (Å²) in [5.74, 6) is 0.723. The van der Waals surface area contributed by atoms with Crippen molar-refractivity contribution in [1.82, 2.24) is 5.32 Å². The highest BCUT2D eigenvalue weighted by Gasteiger charge is 2.33. The Morgan fingerprint density at radius 1 is 1.33 bits per heavy atom. The Labute approximate surface area is 132 Å². The van der Waals surface area contributed by atoms with E-state index in [-0.39, 0.29) is 5.97 Å². The van der Waals surface area contributed by atoms with Gasteiger partial charge in [-0.3, -0.25) is 4.79 Å². The van der Waals surface area contributed by atoms with E-state index < -0.39 is 5.54 Å². The van der Waals surface area contributed by atoms with Crippen molar-refractivity contribution in [2.75, 3.05) is 18.9 Å². The topological polar surface area (TPSA) is 38.3 Å². The van der Waals surface area contributed by atoms with Crippen molar-refractivity contribution >= 4 is 17.7 Å². The van der Waals surface area contributed by atoms with Crippen LogP contribution in [0.4, 0.5) is 0 Å². The lowest BCUT2D eigenvalue weighted by Gasteiger charge is -2.28. The number of likely N-dealkylation sites (N-methyl/N-ethyl adjacent to an activating group) is 1. The number of thioether (sulfide) groups is 1. The highest BCUT2D eigenvalue weighted by molar-refractivity contribution is 7.99. The van der Waals surface area contributed by atoms with E-state index in [1.165, 1.54) is 16.0 Å². The van der Waals surface area contributed by atoms with Gasteiger partial charge in [0.2, 0.25) is 0 Å². The molecule has 0 aromatic heterocycles. The molecule has 0 aliphatic rings. The summed E-state index contributed by atoms with van der Waals surface area (Å²) in [7, 11) is 0. The third kappa shape index (κ3) is 5.36. The Morgan fingerprint density at radius 3 is 2.67 bits per heavy atom. The summed E-state index contributed by atoms with van der Waals surface area (Å²) in [4.78, 5) is 13.4. The number of esters is 1. The maximum atomic E-state index is 12.1. The Hall–Kier alpha value is -1.00. The van der Waals surface area contributed by atoms with Crippen LogP contribution in [-0.2, 0) is 9.53 Å². The molecule has 0 amide bonds. The summed E-state index contributed by atoms with van der Waals surface area (Å²) in [6.07, 6.45) is 0.748. The second-order valence-electron chi connectivity index (χ2n) is 5.45. The summed E-state index contributed by atoms with van der Waals surface area (Å²) < 4.78 is 5.19. The number of aryl methyl sites for hydroxylation is 2. The molecular formula is C17H27NO2S. The number of hydrogen-bond acceptors (Lipinski definition) is 4. The predicted molar refractivity (Wildman–Crippen MR) is 90.0 cm³/mol. The molecule has 0 radical (unpaired) electrons. The SMILES string of the molecule is CCNC(C)(CCSc1cc(C)ccc1C)C(=O)OCC. The fraction of sp³-hybridized carbons (Fsp3) is 0.588. The maximum absolute atomic E-state index is 12.1. The third-order valence-electron chi connectivity index (χ3n) is 3.50. The van der Waals surface area contributed by atoms with Gasteiger partial charge in [0.1, 0.15) is 5.54 Å². The van der Waals surface area contributed by atoms with Crippen molar-refractivity contribution in [2.45, 2.75) is 51.5 Å². The zero-order valence-corrected chi connectivity index (χ0v) is 14.6. The number of hydrogen-bond donors (Lipinski definition) is 1. The van der Waals surface area contributed by atoms with Crippen LogP contribution in [0.3, 0.4) is 0 Å². The van der Waals surface area contributed by atoms with Crippen LogP contribution in [0.25, 0.3) is 0 Å². The fourth-order valence-corrected chi connectivity index (χ4v) is 3.47. The molecule has 118 valence electrons. The van der Waals surface area contributed by atoms with E-state index in [2.05, 4.69) is 37.4 Å². The van der Waals surface area contributed by atoms with Gasteiger partial charge in [0.25, 0.3) is 0 Å². The molecule has 1 aromatic rings. The minimum Gasteiger partial charge on any atom is -0.465 e. The molecule has 0 saturated carbocycles. The van der Waals surface area contributed by atoms with E-state index in [1.54, 1.807) is 11.8 Å². The average molecular weight is 309 g/mol. The van der Waals surface area contributed by atoms with Crippen molar-refractivity contribution in [3.05, 3.63) is 29.3 Å². The normalized spacial score (nSPS) is 13.8. The molecular weight excluding hydrogens is 282 g/mol. The standard InChI is InChI=1S/C17H27NO2S/c1-6-18-17(5,16(19)20-7-2)10-11-21-15-12-13(3)8-9-14(15)4/h8-9,12,18H,6-7,10-11H2,1-5H3. The molecule has 21 heavy (non-hydrogen) atoms. The lowest BCUT2D eigenvalue weighted by molar-refractivity contribution is -0.150. The number of rotatable bonds is 8. The molecule has 4 heteroatoms. The zero-order chi connectivity index (χ0) is 15.9. The molecule has 1 rings (SSSR count). The largest absolute Gasteiger partial charge is 0.465 e. The molecule has 0 spiro atoms. The molecule has 1 aromatic carbocycles. The molecule has 0 aliphatic heterocycles. The minimum absolute atomic E-state index is 0.159. The highest BCUT2D eigenvalue weighted by Crippen LogP contribution is 2.26. The summed E-state index contributed by atoms with van der Waals surface area (Å²) in [5.41, 5.74) is 1.95. The first-order chi connectivity index (χ1) is 9.92. The Morgan fingerprint density at radius 2 is 2.05 bits per heavy atom. The van der Waals surface area contributed by atoms with E-state index in [4.69, 9.17) is 4.74 Å². The van der Waals surface area contributed by atoms with Crippen molar-refractivity contribution in [1.29, 1.82) is 0 Å². The Kier molecular flexibility index (Phi) is 7.26. The van der Waals surface area contributed by atoms with Crippen molar-refractivity contribution in [3.63, 3.8) is 0 Å². The molecule has 0 aliphatic carbocycles. The first-order valence-corrected chi connectivity index (χ1v) is 8.53. The zero-order valence-electron chi connectivity index (χ0n) is 13.8. The molecule has 1 N–H and O–H groups in total. The summed E-state index contributed by atoms with van der Waals surface area (Å²) in [6, 6.07) is 6.47. The Balaban J connectivity index is 2.65. The molecule has 0 heterocycles. The number of carbonyl (C=O) groups is 1. The van der Waals surface area contributed by atoms with Gasteiger partial charge in [-0.15, -0.1) is 11.8 Å². The summed E-state index contributed by atoms with van der Waals surface area (Å²) in [5, 5.41) is 3.27. The molecule has 1 unspecified atom stereocenters. The second-order valence-corrected chi connectivity index (χ2v) is 6.59. The van der Waals surface area contributed by atoms with Crippen LogP contribution in [0.1, 0.15) is 38.3 Å². The van der Waals surface area contributed by atoms with Crippen LogP contribution in [0.2, 0.25) is 0 Å². The monoisotopic (exact) mass is 309 g/mol. The average Bonchev–Trinajstić information content (AvgIpc) is 2.43. The van der Waals surface area contributed by atoms with Crippen LogP contribution in [0.5, 0.6) is 0 Å². The molecule has 3 nitrogen and oxygen atoms in total.